The van der Waals surface area contributed by atoms with Crippen LogP contribution < -0.4 is 15.1 Å². The van der Waals surface area contributed by atoms with Gasteiger partial charge in [0.25, 0.3) is 0 Å². The Bertz CT molecular complexity index is 1600. The SMILES string of the molecule is Cc1ccc(N2C(=O)C3Sc4c(sc(=O)n4CC(=O)Nc4ccccc4)[C@@H](c4ccccc4)C3C2=O)cc1. The smallest absolute Gasteiger partial charge is 0.308 e. The van der Waals surface area contributed by atoms with Crippen LogP contribution in [0.5, 0.6) is 0 Å². The number of nitrogens with one attached hydrogen (secondary N) is 1. The molecule has 0 bridgehead atoms. The standard InChI is InChI=1S/C29H23N3O4S2/c1-17-12-14-20(15-13-17)32-26(34)23-22(18-8-4-2-5-9-18)25-28(37-24(23)27(32)35)31(29(36)38-25)16-21(33)30-19-10-6-3-7-11-19/h2-15,22-24H,16H2,1H3,(H,30,33)/t22-,23?,24?/m0/s1. The van der Waals surface area contributed by atoms with Gasteiger partial charge in [-0.1, -0.05) is 89.3 Å². The Balaban J connectivity index is 1.41. The average Bonchev–Trinajstić information content (AvgIpc) is 3.36. The minimum absolute atomic E-state index is 0.185. The highest BCUT2D eigenvalue weighted by atomic mass is 32.2. The molecule has 1 N–H and O–H groups in total. The molecule has 0 saturated carbocycles. The topological polar surface area (TPSA) is 88.5 Å². The van der Waals surface area contributed by atoms with E-state index in [9.17, 15) is 19.2 Å². The molecule has 3 amide bonds. The molecule has 2 aliphatic heterocycles. The molecule has 1 fully saturated rings. The predicted molar refractivity (Wildman–Crippen MR) is 149 cm³/mol. The first kappa shape index (κ1) is 24.4. The molecule has 0 radical (unpaired) electrons. The molecule has 4 aromatic rings. The lowest BCUT2D eigenvalue weighted by molar-refractivity contribution is -0.122. The van der Waals surface area contributed by atoms with Crippen LogP contribution in [0.4, 0.5) is 11.4 Å². The maximum atomic E-state index is 13.8. The van der Waals surface area contributed by atoms with E-state index in [0.29, 0.717) is 21.3 Å². The molecule has 3 atom stereocenters. The zero-order valence-electron chi connectivity index (χ0n) is 20.4. The first-order chi connectivity index (χ1) is 18.4. The molecule has 190 valence electrons. The van der Waals surface area contributed by atoms with Crippen LogP contribution in [0.15, 0.2) is 94.7 Å². The van der Waals surface area contributed by atoms with Crippen molar-refractivity contribution in [2.45, 2.75) is 29.7 Å². The number of fused-ring (bicyclic) bond motifs is 2. The fourth-order valence-corrected chi connectivity index (χ4v) is 7.86. The number of amides is 3. The van der Waals surface area contributed by atoms with Crippen molar-refractivity contribution in [2.24, 2.45) is 5.92 Å². The van der Waals surface area contributed by atoms with Crippen molar-refractivity contribution in [3.63, 3.8) is 0 Å². The van der Waals surface area contributed by atoms with Crippen molar-refractivity contribution in [2.75, 3.05) is 10.2 Å². The minimum atomic E-state index is -0.709. The van der Waals surface area contributed by atoms with Gasteiger partial charge in [-0.25, -0.2) is 4.90 Å². The van der Waals surface area contributed by atoms with E-state index in [0.717, 1.165) is 22.5 Å². The van der Waals surface area contributed by atoms with Gasteiger partial charge in [-0.3, -0.25) is 23.7 Å². The molecule has 1 saturated heterocycles. The molecule has 3 aromatic carbocycles. The van der Waals surface area contributed by atoms with Gasteiger partial charge in [0, 0.05) is 16.5 Å². The zero-order valence-corrected chi connectivity index (χ0v) is 22.0. The summed E-state index contributed by atoms with van der Waals surface area (Å²) in [6, 6.07) is 25.9. The molecule has 7 nitrogen and oxygen atoms in total. The zero-order chi connectivity index (χ0) is 26.4. The van der Waals surface area contributed by atoms with Gasteiger partial charge in [0.2, 0.25) is 17.7 Å². The number of benzene rings is 3. The molecule has 38 heavy (non-hydrogen) atoms. The van der Waals surface area contributed by atoms with Crippen LogP contribution in [-0.2, 0) is 20.9 Å². The Morgan fingerprint density at radius 2 is 1.53 bits per heavy atom. The number of anilines is 2. The third-order valence-corrected chi connectivity index (χ3v) is 9.46. The predicted octanol–water partition coefficient (Wildman–Crippen LogP) is 4.65. The van der Waals surface area contributed by atoms with Gasteiger partial charge in [-0.05, 0) is 36.8 Å². The molecule has 6 rings (SSSR count). The summed E-state index contributed by atoms with van der Waals surface area (Å²) in [4.78, 5) is 55.3. The number of aryl methyl sites for hydroxylation is 1. The van der Waals surface area contributed by atoms with Gasteiger partial charge in [0.05, 0.1) is 16.6 Å². The molecule has 0 aliphatic carbocycles. The molecule has 9 heteroatoms. The van der Waals surface area contributed by atoms with Crippen LogP contribution in [0, 0.1) is 12.8 Å². The molecular weight excluding hydrogens is 518 g/mol. The van der Waals surface area contributed by atoms with Crippen molar-refractivity contribution < 1.29 is 14.4 Å². The van der Waals surface area contributed by atoms with Crippen molar-refractivity contribution in [1.29, 1.82) is 0 Å². The molecule has 0 spiro atoms. The highest BCUT2D eigenvalue weighted by Crippen LogP contribution is 2.53. The van der Waals surface area contributed by atoms with Crippen molar-refractivity contribution in [1.82, 2.24) is 4.57 Å². The van der Waals surface area contributed by atoms with Gasteiger partial charge in [0.1, 0.15) is 11.8 Å². The second kappa shape index (κ2) is 9.74. The second-order valence-corrected chi connectivity index (χ2v) is 11.5. The number of rotatable bonds is 5. The maximum Gasteiger partial charge on any atom is 0.308 e. The fourth-order valence-electron chi connectivity index (χ4n) is 5.09. The molecular formula is C29H23N3O4S2. The summed E-state index contributed by atoms with van der Waals surface area (Å²) in [5.41, 5.74) is 3.06. The average molecular weight is 542 g/mol. The van der Waals surface area contributed by atoms with Crippen LogP contribution in [0.3, 0.4) is 0 Å². The number of hydrogen-bond acceptors (Lipinski definition) is 6. The van der Waals surface area contributed by atoms with Crippen molar-refractivity contribution in [3.05, 3.63) is 111 Å². The summed E-state index contributed by atoms with van der Waals surface area (Å²) >= 11 is 2.26. The lowest BCUT2D eigenvalue weighted by Crippen LogP contribution is -2.33. The molecule has 2 aliphatic rings. The third-order valence-electron chi connectivity index (χ3n) is 6.86. The number of para-hydroxylation sites is 1. The normalized spacial score (nSPS) is 20.2. The van der Waals surface area contributed by atoms with Gasteiger partial charge in [0.15, 0.2) is 0 Å². The van der Waals surface area contributed by atoms with Crippen molar-refractivity contribution >= 4 is 52.2 Å². The Labute approximate surface area is 227 Å². The van der Waals surface area contributed by atoms with E-state index in [-0.39, 0.29) is 29.1 Å². The number of nitrogens with zero attached hydrogens (tertiary/aromatic N) is 2. The fraction of sp³-hybridized carbons (Fsp3) is 0.172. The number of carbonyl (C=O) groups excluding carboxylic acids is 3. The van der Waals surface area contributed by atoms with Gasteiger partial charge in [-0.2, -0.15) is 0 Å². The summed E-state index contributed by atoms with van der Waals surface area (Å²) in [6.45, 7) is 1.76. The highest BCUT2D eigenvalue weighted by molar-refractivity contribution is 8.00. The Morgan fingerprint density at radius 1 is 0.868 bits per heavy atom. The Morgan fingerprint density at radius 3 is 2.21 bits per heavy atom. The van der Waals surface area contributed by atoms with Crippen LogP contribution >= 0.6 is 23.1 Å². The first-order valence-corrected chi connectivity index (χ1v) is 13.9. The quantitative estimate of drug-likeness (QED) is 0.372. The van der Waals surface area contributed by atoms with E-state index < -0.39 is 17.1 Å². The summed E-state index contributed by atoms with van der Waals surface area (Å²) < 4.78 is 1.43. The lowest BCUT2D eigenvalue weighted by Gasteiger charge is -2.30. The summed E-state index contributed by atoms with van der Waals surface area (Å²) in [5.74, 6) is -2.05. The highest BCUT2D eigenvalue weighted by Gasteiger charge is 2.56. The number of aromatic nitrogens is 1. The molecule has 2 unspecified atom stereocenters. The van der Waals surface area contributed by atoms with Crippen molar-refractivity contribution in [3.8, 4) is 0 Å². The van der Waals surface area contributed by atoms with Gasteiger partial charge in [-0.15, -0.1) is 0 Å². The monoisotopic (exact) mass is 541 g/mol. The van der Waals surface area contributed by atoms with Crippen LogP contribution in [0.2, 0.25) is 0 Å². The number of hydrogen-bond donors (Lipinski definition) is 1. The van der Waals surface area contributed by atoms with E-state index in [4.69, 9.17) is 0 Å². The first-order valence-electron chi connectivity index (χ1n) is 12.2. The van der Waals surface area contributed by atoms with E-state index in [1.54, 1.807) is 24.3 Å². The van der Waals surface area contributed by atoms with E-state index in [1.165, 1.54) is 21.2 Å². The molecule has 1 aromatic heterocycles. The van der Waals surface area contributed by atoms with Crippen LogP contribution in [0.25, 0.3) is 0 Å². The third kappa shape index (κ3) is 4.17. The van der Waals surface area contributed by atoms with E-state index in [1.807, 2.05) is 67.6 Å². The Kier molecular flexibility index (Phi) is 6.25. The van der Waals surface area contributed by atoms with E-state index in [2.05, 4.69) is 5.32 Å². The largest absolute Gasteiger partial charge is 0.325 e. The minimum Gasteiger partial charge on any atom is -0.325 e. The number of thiazole rings is 1. The van der Waals surface area contributed by atoms with Crippen LogP contribution in [0.1, 0.15) is 21.9 Å². The summed E-state index contributed by atoms with van der Waals surface area (Å²) in [7, 11) is 0. The van der Waals surface area contributed by atoms with Gasteiger partial charge >= 0.3 is 4.87 Å². The number of thioether (sulfide) groups is 1. The maximum absolute atomic E-state index is 13.8. The summed E-state index contributed by atoms with van der Waals surface area (Å²) in [6.07, 6.45) is 0. The number of carbonyl (C=O) groups is 3. The summed E-state index contributed by atoms with van der Waals surface area (Å²) in [5, 5.41) is 2.68. The lowest BCUT2D eigenvalue weighted by atomic mass is 9.83. The van der Waals surface area contributed by atoms with Crippen LogP contribution in [-0.4, -0.2) is 27.5 Å². The van der Waals surface area contributed by atoms with E-state index >= 15 is 0 Å². The van der Waals surface area contributed by atoms with Gasteiger partial charge < -0.3 is 5.32 Å². The Hall–Kier alpha value is -3.95. The number of imide groups is 1. The molecule has 3 heterocycles. The second-order valence-electron chi connectivity index (χ2n) is 9.34.